The predicted octanol–water partition coefficient (Wildman–Crippen LogP) is 6.29. The Morgan fingerprint density at radius 3 is 2.05 bits per heavy atom. The monoisotopic (exact) mass is 565 g/mol. The third kappa shape index (κ3) is 5.77. The summed E-state index contributed by atoms with van der Waals surface area (Å²) in [6, 6.07) is 16.1. The van der Waals surface area contributed by atoms with Crippen molar-refractivity contribution >= 4 is 23.4 Å². The van der Waals surface area contributed by atoms with Crippen LogP contribution < -0.4 is 10.1 Å². The van der Waals surface area contributed by atoms with E-state index in [0.717, 1.165) is 30.5 Å². The lowest BCUT2D eigenvalue weighted by molar-refractivity contribution is -0.137. The average Bonchev–Trinajstić information content (AvgIpc) is 2.89. The van der Waals surface area contributed by atoms with Gasteiger partial charge in [0.25, 0.3) is 11.8 Å². The quantitative estimate of drug-likeness (QED) is 0.366. The summed E-state index contributed by atoms with van der Waals surface area (Å²) in [5.74, 6) is 0.326. The van der Waals surface area contributed by atoms with Gasteiger partial charge in [-0.3, -0.25) is 14.4 Å². The normalized spacial score (nSPS) is 15.6. The molecule has 0 aromatic heterocycles. The molecule has 7 nitrogen and oxygen atoms in total. The first-order chi connectivity index (χ1) is 19.5. The number of rotatable bonds is 7. The van der Waals surface area contributed by atoms with E-state index in [9.17, 15) is 27.6 Å². The maximum atomic E-state index is 13.2. The molecule has 2 aliphatic rings. The number of likely N-dealkylation sites (tertiary alicyclic amines) is 2. The fourth-order valence-electron chi connectivity index (χ4n) is 5.22. The molecule has 3 aromatic carbocycles. The zero-order valence-corrected chi connectivity index (χ0v) is 22.8. The first-order valence-electron chi connectivity index (χ1n) is 13.5. The lowest BCUT2D eigenvalue weighted by atomic mass is 9.76. The molecule has 0 bridgehead atoms. The van der Waals surface area contributed by atoms with Crippen LogP contribution in [0.15, 0.2) is 66.7 Å². The van der Waals surface area contributed by atoms with Crippen LogP contribution in [0.25, 0.3) is 0 Å². The van der Waals surface area contributed by atoms with Gasteiger partial charge in [-0.05, 0) is 92.1 Å². The summed E-state index contributed by atoms with van der Waals surface area (Å²) in [6.07, 6.45) is -2.42. The minimum absolute atomic E-state index is 0.0598. The maximum absolute atomic E-state index is 13.2. The van der Waals surface area contributed by atoms with Crippen LogP contribution in [-0.2, 0) is 11.0 Å². The van der Waals surface area contributed by atoms with Crippen molar-refractivity contribution in [1.82, 2.24) is 9.80 Å². The van der Waals surface area contributed by atoms with E-state index in [1.54, 1.807) is 52.3 Å². The number of alkyl halides is 3. The molecule has 0 radical (unpaired) electrons. The molecule has 2 saturated heterocycles. The van der Waals surface area contributed by atoms with Gasteiger partial charge in [0.1, 0.15) is 11.5 Å². The van der Waals surface area contributed by atoms with Gasteiger partial charge in [0, 0.05) is 42.9 Å². The Morgan fingerprint density at radius 1 is 0.902 bits per heavy atom. The van der Waals surface area contributed by atoms with Crippen LogP contribution >= 0.6 is 0 Å². The lowest BCUT2D eigenvalue weighted by Crippen LogP contribution is -2.78. The van der Waals surface area contributed by atoms with E-state index in [4.69, 9.17) is 4.74 Å². The van der Waals surface area contributed by atoms with Crippen LogP contribution in [0.1, 0.15) is 58.0 Å². The van der Waals surface area contributed by atoms with E-state index in [2.05, 4.69) is 5.32 Å². The van der Waals surface area contributed by atoms with E-state index in [-0.39, 0.29) is 29.0 Å². The number of carbonyl (C=O) groups is 3. The molecule has 0 aliphatic carbocycles. The molecular formula is C31H30F3N3O4. The number of halogens is 3. The zero-order valence-electron chi connectivity index (χ0n) is 22.8. The Labute approximate surface area is 235 Å². The second kappa shape index (κ2) is 10.9. The van der Waals surface area contributed by atoms with Crippen LogP contribution in [-0.4, -0.2) is 52.7 Å². The predicted molar refractivity (Wildman–Crippen MR) is 147 cm³/mol. The molecule has 1 N–H and O–H groups in total. The number of ether oxygens (including phenoxy) is 1. The van der Waals surface area contributed by atoms with Gasteiger partial charge in [0.2, 0.25) is 5.91 Å². The topological polar surface area (TPSA) is 79.0 Å². The standard InChI is InChI=1S/C31H30F3N3O4/c1-3-4-27(38)35-26-14-7-22(17-20(26)2)28(39)36-18-30(19-36)15-16-37(30)29(40)21-5-10-24(11-6-21)41-25-12-8-23(9-13-25)31(32,33)34/h5-14,17H,3-4,15-16,18-19H2,1-2H3,(H,35,38). The summed E-state index contributed by atoms with van der Waals surface area (Å²) in [6.45, 7) is 5.27. The van der Waals surface area contributed by atoms with Crippen molar-refractivity contribution in [2.75, 3.05) is 25.0 Å². The van der Waals surface area contributed by atoms with Crippen LogP contribution in [0.5, 0.6) is 11.5 Å². The number of anilines is 1. The molecule has 0 unspecified atom stereocenters. The number of nitrogens with zero attached hydrogens (tertiary/aromatic N) is 2. The van der Waals surface area contributed by atoms with Crippen molar-refractivity contribution in [3.63, 3.8) is 0 Å². The molecule has 3 amide bonds. The van der Waals surface area contributed by atoms with Crippen molar-refractivity contribution in [1.29, 1.82) is 0 Å². The lowest BCUT2D eigenvalue weighted by Gasteiger charge is -2.62. The Hall–Kier alpha value is -4.34. The third-order valence-corrected chi connectivity index (χ3v) is 7.62. The van der Waals surface area contributed by atoms with Crippen molar-refractivity contribution in [2.24, 2.45) is 0 Å². The van der Waals surface area contributed by atoms with Gasteiger partial charge >= 0.3 is 6.18 Å². The molecule has 2 fully saturated rings. The Kier molecular flexibility index (Phi) is 7.50. The molecule has 10 heteroatoms. The minimum Gasteiger partial charge on any atom is -0.457 e. The molecule has 5 rings (SSSR count). The average molecular weight is 566 g/mol. The van der Waals surface area contributed by atoms with Gasteiger partial charge in [-0.15, -0.1) is 0 Å². The SMILES string of the molecule is CCCC(=O)Nc1ccc(C(=O)N2CC3(CCN3C(=O)c3ccc(Oc4ccc(C(F)(F)F)cc4)cc3)C2)cc1C. The summed E-state index contributed by atoms with van der Waals surface area (Å²) in [4.78, 5) is 41.8. The van der Waals surface area contributed by atoms with E-state index in [1.807, 2.05) is 13.8 Å². The van der Waals surface area contributed by atoms with E-state index >= 15 is 0 Å². The highest BCUT2D eigenvalue weighted by Crippen LogP contribution is 2.41. The van der Waals surface area contributed by atoms with Crippen LogP contribution in [0.4, 0.5) is 18.9 Å². The largest absolute Gasteiger partial charge is 0.457 e. The fraction of sp³-hybridized carbons (Fsp3) is 0.323. The summed E-state index contributed by atoms with van der Waals surface area (Å²) in [5, 5.41) is 2.87. The summed E-state index contributed by atoms with van der Waals surface area (Å²) < 4.78 is 43.9. The maximum Gasteiger partial charge on any atom is 0.416 e. The number of hydrogen-bond donors (Lipinski definition) is 1. The first-order valence-corrected chi connectivity index (χ1v) is 13.5. The Morgan fingerprint density at radius 2 is 1.51 bits per heavy atom. The third-order valence-electron chi connectivity index (χ3n) is 7.62. The van der Waals surface area contributed by atoms with Crippen LogP contribution in [0.2, 0.25) is 0 Å². The first kappa shape index (κ1) is 28.2. The highest BCUT2D eigenvalue weighted by molar-refractivity contribution is 5.98. The van der Waals surface area contributed by atoms with E-state index in [1.165, 1.54) is 12.1 Å². The number of carbonyl (C=O) groups excluding carboxylic acids is 3. The van der Waals surface area contributed by atoms with Crippen molar-refractivity contribution < 1.29 is 32.3 Å². The van der Waals surface area contributed by atoms with E-state index < -0.39 is 11.7 Å². The van der Waals surface area contributed by atoms with Gasteiger partial charge in [0.05, 0.1) is 11.1 Å². The smallest absolute Gasteiger partial charge is 0.416 e. The highest BCUT2D eigenvalue weighted by atomic mass is 19.4. The molecule has 0 atom stereocenters. The number of amides is 3. The molecule has 214 valence electrons. The molecule has 3 aromatic rings. The molecular weight excluding hydrogens is 535 g/mol. The summed E-state index contributed by atoms with van der Waals surface area (Å²) in [7, 11) is 0. The number of nitrogens with one attached hydrogen (secondary N) is 1. The fourth-order valence-corrected chi connectivity index (χ4v) is 5.22. The second-order valence-corrected chi connectivity index (χ2v) is 10.6. The number of aryl methyl sites for hydroxylation is 1. The molecule has 41 heavy (non-hydrogen) atoms. The van der Waals surface area contributed by atoms with Crippen molar-refractivity contribution in [3.8, 4) is 11.5 Å². The van der Waals surface area contributed by atoms with Crippen molar-refractivity contribution in [3.05, 3.63) is 89.0 Å². The minimum atomic E-state index is -4.42. The molecule has 1 spiro atoms. The Bertz CT molecular complexity index is 1460. The Balaban J connectivity index is 1.17. The van der Waals surface area contributed by atoms with Crippen molar-refractivity contribution in [2.45, 2.75) is 44.8 Å². The number of hydrogen-bond acceptors (Lipinski definition) is 4. The van der Waals surface area contributed by atoms with Crippen LogP contribution in [0, 0.1) is 6.92 Å². The van der Waals surface area contributed by atoms with Gasteiger partial charge in [0.15, 0.2) is 0 Å². The van der Waals surface area contributed by atoms with Gasteiger partial charge in [-0.1, -0.05) is 6.92 Å². The summed E-state index contributed by atoms with van der Waals surface area (Å²) >= 11 is 0. The molecule has 2 heterocycles. The van der Waals surface area contributed by atoms with Crippen LogP contribution in [0.3, 0.4) is 0 Å². The van der Waals surface area contributed by atoms with Gasteiger partial charge in [-0.2, -0.15) is 13.2 Å². The van der Waals surface area contributed by atoms with Gasteiger partial charge < -0.3 is 19.9 Å². The van der Waals surface area contributed by atoms with Gasteiger partial charge in [-0.25, -0.2) is 0 Å². The number of benzene rings is 3. The highest BCUT2D eigenvalue weighted by Gasteiger charge is 2.56. The van der Waals surface area contributed by atoms with E-state index in [0.29, 0.717) is 48.6 Å². The molecule has 2 aliphatic heterocycles. The summed E-state index contributed by atoms with van der Waals surface area (Å²) in [5.41, 5.74) is 1.35. The zero-order chi connectivity index (χ0) is 29.4. The second-order valence-electron chi connectivity index (χ2n) is 10.6. The molecule has 0 saturated carbocycles.